The monoisotopic (exact) mass is 270 g/mol. The number of nitrogens with two attached hydrogens (primary N) is 1. The van der Waals surface area contributed by atoms with E-state index in [1.807, 2.05) is 18.9 Å². The minimum Gasteiger partial charge on any atom is -0.365 e. The Morgan fingerprint density at radius 1 is 1.59 bits per heavy atom. The summed E-state index contributed by atoms with van der Waals surface area (Å²) in [5.74, 6) is 0.885. The van der Waals surface area contributed by atoms with E-state index in [9.17, 15) is 4.79 Å². The van der Waals surface area contributed by atoms with Crippen molar-refractivity contribution < 1.29 is 4.79 Å². The Labute approximate surface area is 111 Å². The molecule has 17 heavy (non-hydrogen) atoms. The maximum absolute atomic E-state index is 11.3. The van der Waals surface area contributed by atoms with Gasteiger partial charge >= 0.3 is 0 Å². The summed E-state index contributed by atoms with van der Waals surface area (Å²) in [5, 5.41) is 0. The number of carbonyl (C=O) groups is 1. The van der Waals surface area contributed by atoms with Gasteiger partial charge < -0.3 is 5.73 Å². The highest BCUT2D eigenvalue weighted by Crippen LogP contribution is 2.34. The van der Waals surface area contributed by atoms with E-state index in [2.05, 4.69) is 11.2 Å². The van der Waals surface area contributed by atoms with Gasteiger partial charge in [0.15, 0.2) is 0 Å². The summed E-state index contributed by atoms with van der Waals surface area (Å²) in [4.78, 5) is 13.4. The van der Waals surface area contributed by atoms with Crippen molar-refractivity contribution in [2.45, 2.75) is 33.2 Å². The fraction of sp³-hybridized carbons (Fsp3) is 0.583. The van der Waals surface area contributed by atoms with Crippen LogP contribution in [0.5, 0.6) is 0 Å². The van der Waals surface area contributed by atoms with Crippen molar-refractivity contribution in [3.63, 3.8) is 0 Å². The molecule has 2 heterocycles. The molecule has 0 saturated carbocycles. The van der Waals surface area contributed by atoms with E-state index in [1.165, 1.54) is 22.6 Å². The summed E-state index contributed by atoms with van der Waals surface area (Å²) in [6.45, 7) is 6.25. The minimum atomic E-state index is -0.283. The van der Waals surface area contributed by atoms with Crippen molar-refractivity contribution in [3.8, 4) is 0 Å². The van der Waals surface area contributed by atoms with Crippen LogP contribution in [-0.2, 0) is 13.0 Å². The van der Waals surface area contributed by atoms with E-state index in [-0.39, 0.29) is 5.91 Å². The maximum atomic E-state index is 11.3. The molecule has 0 saturated heterocycles. The number of hydrogen-bond acceptors (Lipinski definition) is 4. The Balaban J connectivity index is 2.17. The van der Waals surface area contributed by atoms with Crippen LogP contribution in [0.15, 0.2) is 0 Å². The molecular weight excluding hydrogens is 252 g/mol. The number of amides is 1. The molecule has 2 rings (SSSR count). The fourth-order valence-corrected chi connectivity index (χ4v) is 4.10. The second-order valence-electron chi connectivity index (χ2n) is 4.27. The maximum Gasteiger partial charge on any atom is 0.259 e. The van der Waals surface area contributed by atoms with Crippen LogP contribution < -0.4 is 5.73 Å². The largest absolute Gasteiger partial charge is 0.365 e. The van der Waals surface area contributed by atoms with E-state index in [4.69, 9.17) is 5.73 Å². The molecule has 0 aromatic carbocycles. The van der Waals surface area contributed by atoms with Gasteiger partial charge in [-0.1, -0.05) is 18.9 Å². The molecule has 1 aliphatic rings. The molecule has 0 bridgehead atoms. The van der Waals surface area contributed by atoms with Crippen LogP contribution in [0.1, 0.15) is 39.0 Å². The van der Waals surface area contributed by atoms with Crippen molar-refractivity contribution in [2.75, 3.05) is 12.3 Å². The van der Waals surface area contributed by atoms with Crippen molar-refractivity contribution >= 4 is 29.2 Å². The summed E-state index contributed by atoms with van der Waals surface area (Å²) in [7, 11) is 0. The highest BCUT2D eigenvalue weighted by atomic mass is 32.2. The molecule has 2 N–H and O–H groups in total. The average Bonchev–Trinajstić information content (AvgIpc) is 2.64. The molecule has 1 amide bonds. The number of nitrogens with zero attached hydrogens (tertiary/aromatic N) is 1. The van der Waals surface area contributed by atoms with E-state index < -0.39 is 0 Å². The normalized spacial score (nSPS) is 15.9. The van der Waals surface area contributed by atoms with E-state index in [1.54, 1.807) is 11.3 Å². The summed E-state index contributed by atoms with van der Waals surface area (Å²) in [5.41, 5.74) is 7.82. The van der Waals surface area contributed by atoms with Gasteiger partial charge in [0.1, 0.15) is 0 Å². The number of fused-ring (bicyclic) bond motifs is 1. The highest BCUT2D eigenvalue weighted by molar-refractivity contribution is 7.96. The topological polar surface area (TPSA) is 46.3 Å². The Morgan fingerprint density at radius 3 is 3.00 bits per heavy atom. The predicted octanol–water partition coefficient (Wildman–Crippen LogP) is 2.57. The van der Waals surface area contributed by atoms with Crippen LogP contribution in [0.25, 0.3) is 0 Å². The molecule has 3 nitrogen and oxygen atoms in total. The standard InChI is InChI=1S/C12H18N2OS2/c1-3-6-16-14-5-4-10-9(7-14)8(2)11(17-10)12(13)15/h3-7H2,1-2H3,(H2,13,15). The van der Waals surface area contributed by atoms with Gasteiger partial charge in [0, 0.05) is 23.7 Å². The second-order valence-corrected chi connectivity index (χ2v) is 6.56. The van der Waals surface area contributed by atoms with Gasteiger partial charge in [0.05, 0.1) is 4.88 Å². The molecule has 0 atom stereocenters. The first-order valence-corrected chi connectivity index (χ1v) is 7.68. The van der Waals surface area contributed by atoms with E-state index >= 15 is 0 Å². The van der Waals surface area contributed by atoms with Crippen molar-refractivity contribution in [1.29, 1.82) is 0 Å². The minimum absolute atomic E-state index is 0.283. The van der Waals surface area contributed by atoms with Gasteiger partial charge in [-0.25, -0.2) is 4.31 Å². The second kappa shape index (κ2) is 5.42. The van der Waals surface area contributed by atoms with Gasteiger partial charge in [-0.2, -0.15) is 0 Å². The zero-order valence-electron chi connectivity index (χ0n) is 10.3. The predicted molar refractivity (Wildman–Crippen MR) is 74.4 cm³/mol. The number of thiophene rings is 1. The zero-order valence-corrected chi connectivity index (χ0v) is 11.9. The molecule has 0 fully saturated rings. The lowest BCUT2D eigenvalue weighted by atomic mass is 10.1. The van der Waals surface area contributed by atoms with Gasteiger partial charge in [0.2, 0.25) is 0 Å². The first kappa shape index (κ1) is 12.9. The lowest BCUT2D eigenvalue weighted by molar-refractivity contribution is 0.100. The van der Waals surface area contributed by atoms with Crippen molar-refractivity contribution in [1.82, 2.24) is 4.31 Å². The van der Waals surface area contributed by atoms with Crippen molar-refractivity contribution in [3.05, 3.63) is 20.9 Å². The first-order valence-electron chi connectivity index (χ1n) is 5.92. The van der Waals surface area contributed by atoms with Crippen LogP contribution >= 0.6 is 23.3 Å². The van der Waals surface area contributed by atoms with Crippen LogP contribution in [0, 0.1) is 6.92 Å². The SMILES string of the molecule is CCCSN1CCc2sc(C(N)=O)c(C)c2C1. The molecule has 0 aliphatic carbocycles. The molecule has 1 aromatic rings. The molecule has 94 valence electrons. The molecule has 0 spiro atoms. The lowest BCUT2D eigenvalue weighted by Gasteiger charge is -2.25. The number of hydrogen-bond donors (Lipinski definition) is 1. The third kappa shape index (κ3) is 2.67. The fourth-order valence-electron chi connectivity index (χ4n) is 2.06. The molecular formula is C12H18N2OS2. The van der Waals surface area contributed by atoms with Crippen LogP contribution in [-0.4, -0.2) is 22.5 Å². The van der Waals surface area contributed by atoms with Crippen LogP contribution in [0.4, 0.5) is 0 Å². The molecule has 0 radical (unpaired) electrons. The van der Waals surface area contributed by atoms with E-state index in [0.717, 1.165) is 30.0 Å². The number of rotatable bonds is 4. The Hall–Kier alpha value is -0.520. The van der Waals surface area contributed by atoms with Gasteiger partial charge in [0.25, 0.3) is 5.91 Å². The van der Waals surface area contributed by atoms with E-state index in [0.29, 0.717) is 0 Å². The molecule has 1 aliphatic heterocycles. The summed E-state index contributed by atoms with van der Waals surface area (Å²) in [6, 6.07) is 0. The first-order chi connectivity index (χ1) is 8.13. The zero-order chi connectivity index (χ0) is 12.4. The average molecular weight is 270 g/mol. The Morgan fingerprint density at radius 2 is 2.35 bits per heavy atom. The van der Waals surface area contributed by atoms with Gasteiger partial charge in [-0.3, -0.25) is 4.79 Å². The molecule has 1 aromatic heterocycles. The quantitative estimate of drug-likeness (QED) is 0.855. The summed E-state index contributed by atoms with van der Waals surface area (Å²) >= 11 is 3.49. The highest BCUT2D eigenvalue weighted by Gasteiger charge is 2.24. The molecule has 0 unspecified atom stereocenters. The van der Waals surface area contributed by atoms with Crippen LogP contribution in [0.2, 0.25) is 0 Å². The summed E-state index contributed by atoms with van der Waals surface area (Å²) < 4.78 is 2.40. The van der Waals surface area contributed by atoms with Gasteiger partial charge in [-0.15, -0.1) is 11.3 Å². The van der Waals surface area contributed by atoms with Crippen LogP contribution in [0.3, 0.4) is 0 Å². The summed E-state index contributed by atoms with van der Waals surface area (Å²) in [6.07, 6.45) is 2.24. The number of primary amides is 1. The van der Waals surface area contributed by atoms with Crippen molar-refractivity contribution in [2.24, 2.45) is 5.73 Å². The number of carbonyl (C=O) groups excluding carboxylic acids is 1. The van der Waals surface area contributed by atoms with Gasteiger partial charge in [-0.05, 0) is 30.9 Å². The lowest BCUT2D eigenvalue weighted by Crippen LogP contribution is -2.24. The third-order valence-corrected chi connectivity index (χ3v) is 5.66. The third-order valence-electron chi connectivity index (χ3n) is 2.98. The Bertz CT molecular complexity index is 428. The Kier molecular flexibility index (Phi) is 4.12. The molecule has 5 heteroatoms. The smallest absolute Gasteiger partial charge is 0.259 e.